The highest BCUT2D eigenvalue weighted by Gasteiger charge is 2.39. The maximum absolute atomic E-state index is 13.3. The molecular formula is C24H22Cl2N4O5S2. The van der Waals surface area contributed by atoms with Crippen molar-refractivity contribution in [3.63, 3.8) is 0 Å². The highest BCUT2D eigenvalue weighted by Crippen LogP contribution is 2.35. The highest BCUT2D eigenvalue weighted by molar-refractivity contribution is 7.97. The lowest BCUT2D eigenvalue weighted by Crippen LogP contribution is -2.52. The van der Waals surface area contributed by atoms with E-state index in [0.717, 1.165) is 0 Å². The second-order valence-electron chi connectivity index (χ2n) is 8.71. The van der Waals surface area contributed by atoms with Crippen molar-refractivity contribution in [3.05, 3.63) is 98.8 Å². The molecule has 2 aliphatic rings. The first-order valence-electron chi connectivity index (χ1n) is 10.8. The minimum atomic E-state index is -4.15. The average molecular weight is 582 g/mol. The van der Waals surface area contributed by atoms with Gasteiger partial charge < -0.3 is 15.1 Å². The van der Waals surface area contributed by atoms with E-state index in [1.54, 1.807) is 60.9 Å². The van der Waals surface area contributed by atoms with Crippen LogP contribution in [0.4, 0.5) is 5.69 Å². The van der Waals surface area contributed by atoms with Gasteiger partial charge in [-0.2, -0.15) is 0 Å². The number of carbonyl (C=O) groups is 2. The van der Waals surface area contributed by atoms with Crippen LogP contribution in [-0.2, 0) is 20.2 Å². The van der Waals surface area contributed by atoms with Crippen LogP contribution in [-0.4, -0.2) is 35.7 Å². The van der Waals surface area contributed by atoms with Crippen molar-refractivity contribution in [3.8, 4) is 0 Å². The number of nitrogens with one attached hydrogen (secondary N) is 3. The molecule has 0 radical (unpaired) electrons. The fraction of sp³-hybridized carbons (Fsp3) is 0.167. The second-order valence-corrected chi connectivity index (χ2v) is 12.0. The molecule has 13 heteroatoms. The predicted octanol–water partition coefficient (Wildman–Crippen LogP) is 4.62. The third-order valence-corrected chi connectivity index (χ3v) is 8.54. The van der Waals surface area contributed by atoms with Gasteiger partial charge in [-0.15, -0.1) is 0 Å². The Hall–Kier alpha value is -3.12. The van der Waals surface area contributed by atoms with E-state index in [1.165, 1.54) is 36.4 Å². The molecule has 0 saturated carbocycles. The Balaban J connectivity index is 1.64. The number of hydrogen-bond donors (Lipinski definition) is 4. The van der Waals surface area contributed by atoms with Crippen LogP contribution in [0.1, 0.15) is 29.8 Å². The third-order valence-electron chi connectivity index (χ3n) is 5.90. The first-order valence-corrected chi connectivity index (χ1v) is 13.8. The van der Waals surface area contributed by atoms with Gasteiger partial charge in [-0.05, 0) is 48.0 Å². The molecule has 2 aromatic carbocycles. The zero-order valence-electron chi connectivity index (χ0n) is 19.5. The molecule has 0 unspecified atom stereocenters. The molecule has 0 aliphatic carbocycles. The summed E-state index contributed by atoms with van der Waals surface area (Å²) in [5, 5.41) is 13.2. The monoisotopic (exact) mass is 580 g/mol. The first kappa shape index (κ1) is 26.9. The average Bonchev–Trinajstić information content (AvgIpc) is 3.31. The largest absolute Gasteiger partial charge is 0.480 e. The fourth-order valence-corrected chi connectivity index (χ4v) is 6.14. The molecule has 1 atom stereocenters. The minimum Gasteiger partial charge on any atom is -0.480 e. The number of nitrogens with zero attached hydrogens (tertiary/aromatic N) is 1. The van der Waals surface area contributed by atoms with Crippen molar-refractivity contribution in [1.29, 1.82) is 0 Å². The Bertz CT molecular complexity index is 1450. The fourth-order valence-electron chi connectivity index (χ4n) is 3.87. The molecule has 2 aromatic rings. The van der Waals surface area contributed by atoms with Crippen LogP contribution < -0.4 is 14.8 Å². The summed E-state index contributed by atoms with van der Waals surface area (Å²) in [5.74, 6) is -2.05. The van der Waals surface area contributed by atoms with Gasteiger partial charge in [-0.1, -0.05) is 49.2 Å². The van der Waals surface area contributed by atoms with Crippen LogP contribution in [0.5, 0.6) is 0 Å². The minimum absolute atomic E-state index is 0.0221. The van der Waals surface area contributed by atoms with E-state index < -0.39 is 33.4 Å². The van der Waals surface area contributed by atoms with Gasteiger partial charge in [-0.3, -0.25) is 13.8 Å². The molecule has 0 saturated heterocycles. The number of sulfonamides is 1. The Morgan fingerprint density at radius 1 is 1.11 bits per heavy atom. The second kappa shape index (κ2) is 10.3. The number of fused-ring (bicyclic) bond motifs is 1. The quantitative estimate of drug-likeness (QED) is 0.333. The lowest BCUT2D eigenvalue weighted by Gasteiger charge is -2.32. The van der Waals surface area contributed by atoms with Crippen LogP contribution >= 0.6 is 35.3 Å². The van der Waals surface area contributed by atoms with Crippen molar-refractivity contribution in [1.82, 2.24) is 14.3 Å². The number of allylic oxidation sites excluding steroid dienone is 2. The molecule has 4 rings (SSSR count). The number of carbonyl (C=O) groups excluding carboxylic acids is 1. The maximum atomic E-state index is 13.3. The van der Waals surface area contributed by atoms with Crippen molar-refractivity contribution in [2.45, 2.75) is 25.3 Å². The summed E-state index contributed by atoms with van der Waals surface area (Å²) in [6.45, 7) is 3.36. The molecule has 37 heavy (non-hydrogen) atoms. The summed E-state index contributed by atoms with van der Waals surface area (Å²) in [5.41, 5.74) is -0.188. The number of benzene rings is 2. The van der Waals surface area contributed by atoms with Crippen molar-refractivity contribution in [2.75, 3.05) is 4.72 Å². The molecule has 2 heterocycles. The molecule has 0 bridgehead atoms. The number of amides is 1. The number of carboxylic acids is 1. The van der Waals surface area contributed by atoms with Crippen molar-refractivity contribution >= 4 is 62.9 Å². The van der Waals surface area contributed by atoms with E-state index in [1.807, 2.05) is 0 Å². The number of hydrogen-bond acceptors (Lipinski definition) is 7. The molecular weight excluding hydrogens is 559 g/mol. The molecule has 1 amide bonds. The summed E-state index contributed by atoms with van der Waals surface area (Å²) in [6.07, 6.45) is 6.24. The Kier molecular flexibility index (Phi) is 7.52. The van der Waals surface area contributed by atoms with Crippen LogP contribution in [0.25, 0.3) is 0 Å². The zero-order valence-corrected chi connectivity index (χ0v) is 22.7. The van der Waals surface area contributed by atoms with E-state index in [9.17, 15) is 23.1 Å². The Labute approximate surface area is 228 Å². The Morgan fingerprint density at radius 2 is 1.78 bits per heavy atom. The van der Waals surface area contributed by atoms with E-state index in [2.05, 4.69) is 14.8 Å². The van der Waals surface area contributed by atoms with Gasteiger partial charge in [0.15, 0.2) is 0 Å². The topological polar surface area (TPSA) is 128 Å². The number of carboxylic acid groups (broad SMARTS) is 1. The number of aliphatic carboxylic acids is 1. The van der Waals surface area contributed by atoms with E-state index >= 15 is 0 Å². The van der Waals surface area contributed by atoms with Crippen LogP contribution in [0.15, 0.2) is 77.6 Å². The highest BCUT2D eigenvalue weighted by atomic mass is 35.5. The van der Waals surface area contributed by atoms with Gasteiger partial charge in [0, 0.05) is 27.9 Å². The van der Waals surface area contributed by atoms with E-state index in [0.29, 0.717) is 16.3 Å². The molecule has 2 aliphatic heterocycles. The standard InChI is InChI=1S/C24H22Cl2N4O5S2/c1-24(2,14-5-7-15(25)8-6-14)21(23(32)33)28-22(31)17-10-9-16(26)12-18(17)29-37(34,35)20-4-3-11-30-19(20)13-27-36-30/h3-13,21,27,29H,1-2H3,(H,28,31)(H,32,33)/t21-/m1/s1. The van der Waals surface area contributed by atoms with Crippen LogP contribution in [0.2, 0.25) is 10.0 Å². The first-order chi connectivity index (χ1) is 17.4. The third kappa shape index (κ3) is 5.59. The smallest absolute Gasteiger partial charge is 0.327 e. The summed E-state index contributed by atoms with van der Waals surface area (Å²) in [4.78, 5) is 25.5. The van der Waals surface area contributed by atoms with Gasteiger partial charge in [-0.25, -0.2) is 13.2 Å². The van der Waals surface area contributed by atoms with E-state index in [4.69, 9.17) is 23.2 Å². The van der Waals surface area contributed by atoms with Crippen LogP contribution in [0, 0.1) is 0 Å². The normalized spacial score (nSPS) is 15.7. The Morgan fingerprint density at radius 3 is 2.46 bits per heavy atom. The molecule has 0 aromatic heterocycles. The maximum Gasteiger partial charge on any atom is 0.327 e. The molecule has 0 spiro atoms. The SMILES string of the molecule is CC(C)(c1ccc(Cl)cc1)[C@H](NC(=O)c1ccc(Cl)cc1NS(=O)(=O)C1=CC=CN2SNC=C12)C(=O)O. The summed E-state index contributed by atoms with van der Waals surface area (Å²) in [7, 11) is -4.15. The van der Waals surface area contributed by atoms with Gasteiger partial charge in [0.05, 0.1) is 29.1 Å². The molecule has 194 valence electrons. The number of anilines is 1. The summed E-state index contributed by atoms with van der Waals surface area (Å²) < 4.78 is 33.5. The molecule has 9 nitrogen and oxygen atoms in total. The van der Waals surface area contributed by atoms with Gasteiger partial charge >= 0.3 is 5.97 Å². The summed E-state index contributed by atoms with van der Waals surface area (Å²) in [6, 6.07) is 9.33. The zero-order chi connectivity index (χ0) is 27.0. The lowest BCUT2D eigenvalue weighted by molar-refractivity contribution is -0.140. The van der Waals surface area contributed by atoms with Gasteiger partial charge in [0.2, 0.25) is 0 Å². The van der Waals surface area contributed by atoms with Crippen LogP contribution in [0.3, 0.4) is 0 Å². The number of halogens is 2. The lowest BCUT2D eigenvalue weighted by atomic mass is 9.77. The predicted molar refractivity (Wildman–Crippen MR) is 145 cm³/mol. The van der Waals surface area contributed by atoms with E-state index in [-0.39, 0.29) is 21.2 Å². The number of rotatable bonds is 8. The summed E-state index contributed by atoms with van der Waals surface area (Å²) >= 11 is 13.3. The molecule has 4 N–H and O–H groups in total. The molecule has 0 fully saturated rings. The van der Waals surface area contributed by atoms with Gasteiger partial charge in [0.25, 0.3) is 15.9 Å². The van der Waals surface area contributed by atoms with Gasteiger partial charge in [0.1, 0.15) is 10.9 Å². The van der Waals surface area contributed by atoms with Crippen molar-refractivity contribution < 1.29 is 23.1 Å². The van der Waals surface area contributed by atoms with Crippen molar-refractivity contribution in [2.24, 2.45) is 0 Å².